The Bertz CT molecular complexity index is 1300. The van der Waals surface area contributed by atoms with Crippen LogP contribution in [0.3, 0.4) is 0 Å². The lowest BCUT2D eigenvalue weighted by molar-refractivity contribution is -0.249. The summed E-state index contributed by atoms with van der Waals surface area (Å²) in [5.74, 6) is 0.934. The third kappa shape index (κ3) is 4.11. The largest absolute Gasteiger partial charge is 0.461 e. The van der Waals surface area contributed by atoms with E-state index >= 15 is 0 Å². The van der Waals surface area contributed by atoms with Crippen LogP contribution >= 0.6 is 0 Å². The van der Waals surface area contributed by atoms with E-state index in [1.165, 1.54) is 6.42 Å². The molecule has 1 spiro atoms. The fraction of sp³-hybridized carbons (Fsp3) is 0.600. The molecule has 1 saturated heterocycles. The van der Waals surface area contributed by atoms with E-state index in [1.54, 1.807) is 12.1 Å². The Hall–Kier alpha value is -2.70. The third-order valence-electron chi connectivity index (χ3n) is 12.3. The standard InChI is InChI=1S/C35H43NO5/c1-23-26-18-28-34-15-9-14-33(2,21-36(22-34)16-17-40-31(38)24-10-5-3-6-11-24)27(34)19-29(35(28,20-26)30(23)37)41-32(39)25-12-7-4-8-13-25/h3-8,10-13,23,26-30,37H,9,14-22H2,1-2H3/t23-,26-,27-,28+,29-,30+,33-,34-,35+/m0/s1. The molecule has 0 unspecified atom stereocenters. The number of likely N-dealkylation sites (tertiary alicyclic amines) is 1. The van der Waals surface area contributed by atoms with Gasteiger partial charge in [0.15, 0.2) is 0 Å². The fourth-order valence-corrected chi connectivity index (χ4v) is 10.7. The SMILES string of the molecule is C[C@H]1[C@H]2C[C@@H]3[C@@]45CCC[C@@](C)(CN(CCOC(=O)c6ccccc6)C4)[C@@H]5C[C@H](OC(=O)c4ccccc4)[C@]3(C2)[C@@H]1O. The lowest BCUT2D eigenvalue weighted by Crippen LogP contribution is -2.71. The van der Waals surface area contributed by atoms with Gasteiger partial charge in [0.05, 0.1) is 17.2 Å². The molecule has 5 fully saturated rings. The lowest BCUT2D eigenvalue weighted by Gasteiger charge is -2.70. The Balaban J connectivity index is 1.16. The van der Waals surface area contributed by atoms with Crippen molar-refractivity contribution in [2.75, 3.05) is 26.2 Å². The van der Waals surface area contributed by atoms with E-state index < -0.39 is 6.10 Å². The van der Waals surface area contributed by atoms with Crippen LogP contribution in [0.5, 0.6) is 0 Å². The van der Waals surface area contributed by atoms with E-state index in [1.807, 2.05) is 48.5 Å². The molecule has 0 amide bonds. The van der Waals surface area contributed by atoms with E-state index in [0.29, 0.717) is 35.5 Å². The van der Waals surface area contributed by atoms with Gasteiger partial charge in [-0.25, -0.2) is 9.59 Å². The molecule has 6 nitrogen and oxygen atoms in total. The van der Waals surface area contributed by atoms with Crippen LogP contribution in [-0.2, 0) is 9.47 Å². The van der Waals surface area contributed by atoms with Gasteiger partial charge in [-0.2, -0.15) is 0 Å². The molecule has 2 aromatic rings. The van der Waals surface area contributed by atoms with Crippen molar-refractivity contribution in [1.82, 2.24) is 4.90 Å². The summed E-state index contributed by atoms with van der Waals surface area (Å²) in [6, 6.07) is 18.5. The van der Waals surface area contributed by atoms with Crippen molar-refractivity contribution in [3.63, 3.8) is 0 Å². The Morgan fingerprint density at radius 1 is 0.927 bits per heavy atom. The Morgan fingerprint density at radius 3 is 2.29 bits per heavy atom. The summed E-state index contributed by atoms with van der Waals surface area (Å²) >= 11 is 0. The number of rotatable bonds is 6. The summed E-state index contributed by atoms with van der Waals surface area (Å²) < 4.78 is 12.2. The van der Waals surface area contributed by atoms with Crippen molar-refractivity contribution in [2.45, 2.75) is 64.6 Å². The average Bonchev–Trinajstić information content (AvgIpc) is 3.50. The van der Waals surface area contributed by atoms with E-state index in [9.17, 15) is 14.7 Å². The van der Waals surface area contributed by atoms with Gasteiger partial charge in [-0.05, 0) is 90.9 Å². The minimum atomic E-state index is -0.453. The molecule has 1 aliphatic heterocycles. The number of piperidine rings is 1. The van der Waals surface area contributed by atoms with Gasteiger partial charge in [-0.15, -0.1) is 0 Å². The van der Waals surface area contributed by atoms with E-state index in [2.05, 4.69) is 18.7 Å². The van der Waals surface area contributed by atoms with Gasteiger partial charge in [-0.1, -0.05) is 56.7 Å². The van der Waals surface area contributed by atoms with Crippen molar-refractivity contribution >= 4 is 11.9 Å². The van der Waals surface area contributed by atoms with Crippen LogP contribution in [0.2, 0.25) is 0 Å². The summed E-state index contributed by atoms with van der Waals surface area (Å²) in [4.78, 5) is 28.6. The predicted molar refractivity (Wildman–Crippen MR) is 155 cm³/mol. The number of ether oxygens (including phenoxy) is 2. The molecule has 1 heterocycles. The maximum absolute atomic E-state index is 13.4. The maximum atomic E-state index is 13.4. The number of carbonyl (C=O) groups excluding carboxylic acids is 2. The number of fused-ring (bicyclic) bond motifs is 1. The summed E-state index contributed by atoms with van der Waals surface area (Å²) in [7, 11) is 0. The number of hydrogen-bond acceptors (Lipinski definition) is 6. The number of hydrogen-bond donors (Lipinski definition) is 1. The predicted octanol–water partition coefficient (Wildman–Crippen LogP) is 5.60. The van der Waals surface area contributed by atoms with Gasteiger partial charge in [0.1, 0.15) is 12.7 Å². The van der Waals surface area contributed by atoms with Crippen molar-refractivity contribution < 1.29 is 24.2 Å². The maximum Gasteiger partial charge on any atom is 0.338 e. The first-order chi connectivity index (χ1) is 19.8. The molecule has 41 heavy (non-hydrogen) atoms. The van der Waals surface area contributed by atoms with Crippen molar-refractivity contribution in [3.05, 3.63) is 71.8 Å². The molecule has 1 N–H and O–H groups in total. The molecule has 4 bridgehead atoms. The first kappa shape index (κ1) is 27.2. The zero-order chi connectivity index (χ0) is 28.4. The van der Waals surface area contributed by atoms with Gasteiger partial charge in [0.2, 0.25) is 0 Å². The molecule has 218 valence electrons. The monoisotopic (exact) mass is 557 g/mol. The van der Waals surface area contributed by atoms with Gasteiger partial charge in [0.25, 0.3) is 0 Å². The molecule has 4 saturated carbocycles. The zero-order valence-corrected chi connectivity index (χ0v) is 24.3. The Morgan fingerprint density at radius 2 is 1.61 bits per heavy atom. The highest BCUT2D eigenvalue weighted by atomic mass is 16.5. The Labute approximate surface area is 243 Å². The van der Waals surface area contributed by atoms with Gasteiger partial charge < -0.3 is 14.6 Å². The number of carbonyl (C=O) groups is 2. The summed E-state index contributed by atoms with van der Waals surface area (Å²) in [5.41, 5.74) is 0.968. The van der Waals surface area contributed by atoms with Crippen LogP contribution in [0.4, 0.5) is 0 Å². The van der Waals surface area contributed by atoms with Crippen LogP contribution in [0.1, 0.15) is 73.1 Å². The molecule has 7 rings (SSSR count). The number of nitrogens with zero attached hydrogens (tertiary/aromatic N) is 1. The van der Waals surface area contributed by atoms with Crippen molar-refractivity contribution in [2.24, 2.45) is 39.9 Å². The number of esters is 2. The normalized spacial score (nSPS) is 40.9. The topological polar surface area (TPSA) is 76.1 Å². The number of benzene rings is 2. The summed E-state index contributed by atoms with van der Waals surface area (Å²) in [6.07, 6.45) is 5.70. The van der Waals surface area contributed by atoms with Crippen molar-refractivity contribution in [1.29, 1.82) is 0 Å². The van der Waals surface area contributed by atoms with Crippen LogP contribution in [0.25, 0.3) is 0 Å². The lowest BCUT2D eigenvalue weighted by atomic mass is 9.39. The van der Waals surface area contributed by atoms with E-state index in [0.717, 1.165) is 51.7 Å². The van der Waals surface area contributed by atoms with Gasteiger partial charge in [-0.3, -0.25) is 4.90 Å². The number of aliphatic hydroxyl groups is 1. The van der Waals surface area contributed by atoms with Crippen LogP contribution in [0, 0.1) is 39.9 Å². The first-order valence-electron chi connectivity index (χ1n) is 15.7. The zero-order valence-electron chi connectivity index (χ0n) is 24.3. The second kappa shape index (κ2) is 9.95. The van der Waals surface area contributed by atoms with E-state index in [4.69, 9.17) is 9.47 Å². The fourth-order valence-electron chi connectivity index (χ4n) is 10.7. The summed E-state index contributed by atoms with van der Waals surface area (Å²) in [6.45, 7) is 7.66. The molecule has 5 aliphatic rings. The highest BCUT2D eigenvalue weighted by Crippen LogP contribution is 2.76. The molecule has 2 aromatic carbocycles. The second-order valence-electron chi connectivity index (χ2n) is 14.2. The van der Waals surface area contributed by atoms with Gasteiger partial charge in [0, 0.05) is 25.0 Å². The molecular weight excluding hydrogens is 514 g/mol. The molecule has 0 aromatic heterocycles. The third-order valence-corrected chi connectivity index (χ3v) is 12.3. The highest BCUT2D eigenvalue weighted by Gasteiger charge is 2.76. The number of aliphatic hydroxyl groups excluding tert-OH is 1. The first-order valence-corrected chi connectivity index (χ1v) is 15.7. The quantitative estimate of drug-likeness (QED) is 0.466. The molecule has 4 aliphatic carbocycles. The summed E-state index contributed by atoms with van der Waals surface area (Å²) in [5, 5.41) is 11.9. The molecule has 9 atom stereocenters. The van der Waals surface area contributed by atoms with Crippen LogP contribution in [0.15, 0.2) is 60.7 Å². The van der Waals surface area contributed by atoms with Gasteiger partial charge >= 0.3 is 11.9 Å². The molecular formula is C35H43NO5. The second-order valence-corrected chi connectivity index (χ2v) is 14.2. The smallest absolute Gasteiger partial charge is 0.338 e. The molecule has 0 radical (unpaired) electrons. The van der Waals surface area contributed by atoms with Crippen molar-refractivity contribution in [3.8, 4) is 0 Å². The molecule has 6 heteroatoms. The Kier molecular flexibility index (Phi) is 6.59. The minimum Gasteiger partial charge on any atom is -0.461 e. The highest BCUT2D eigenvalue weighted by molar-refractivity contribution is 5.89. The van der Waals surface area contributed by atoms with Crippen LogP contribution in [-0.4, -0.2) is 60.4 Å². The van der Waals surface area contributed by atoms with Crippen LogP contribution < -0.4 is 0 Å². The minimum absolute atomic E-state index is 0.0835. The average molecular weight is 558 g/mol. The van der Waals surface area contributed by atoms with E-state index in [-0.39, 0.29) is 40.2 Å².